The largest absolute Gasteiger partial charge is 0.398 e. The van der Waals surface area contributed by atoms with E-state index < -0.39 is 9.84 Å². The second kappa shape index (κ2) is 6.13. The monoisotopic (exact) mass is 306 g/mol. The van der Waals surface area contributed by atoms with Gasteiger partial charge >= 0.3 is 0 Å². The predicted octanol–water partition coefficient (Wildman–Crippen LogP) is 1.59. The number of sulfone groups is 1. The summed E-state index contributed by atoms with van der Waals surface area (Å²) in [5.41, 5.74) is 6.63. The van der Waals surface area contributed by atoms with E-state index >= 15 is 0 Å². The Bertz CT molecular complexity index is 770. The summed E-state index contributed by atoms with van der Waals surface area (Å²) in [6.45, 7) is 1.67. The summed E-state index contributed by atoms with van der Waals surface area (Å²) in [6.07, 6.45) is 0. The molecule has 0 aliphatic rings. The minimum Gasteiger partial charge on any atom is -0.398 e. The molecule has 0 saturated carbocycles. The fourth-order valence-electron chi connectivity index (χ4n) is 2.01. The Balaban J connectivity index is 2.14. The van der Waals surface area contributed by atoms with Gasteiger partial charge in [-0.3, -0.25) is 4.79 Å². The quantitative estimate of drug-likeness (QED) is 0.821. The summed E-state index contributed by atoms with van der Waals surface area (Å²) in [5.74, 6) is -0.353. The Morgan fingerprint density at radius 3 is 2.43 bits per heavy atom. The van der Waals surface area contributed by atoms with Crippen LogP contribution in [0.2, 0.25) is 0 Å². The van der Waals surface area contributed by atoms with Crippen molar-refractivity contribution in [3.05, 3.63) is 42.0 Å². The molecule has 0 saturated heterocycles. The highest BCUT2D eigenvalue weighted by Crippen LogP contribution is 2.21. The van der Waals surface area contributed by atoms with Gasteiger partial charge in [0.05, 0.1) is 11.3 Å². The number of nitrogens with two attached hydrogens (primary N) is 1. The third-order valence-corrected chi connectivity index (χ3v) is 5.01. The van der Waals surface area contributed by atoms with E-state index in [2.05, 4.69) is 5.32 Å². The molecule has 2 aromatic carbocycles. The molecule has 0 radical (unpaired) electrons. The molecule has 0 heterocycles. The summed E-state index contributed by atoms with van der Waals surface area (Å²) in [4.78, 5) is 12.1. The molecular formula is C15H18N2O3S. The summed E-state index contributed by atoms with van der Waals surface area (Å²) < 4.78 is 22.8. The standard InChI is InChI=1S/C15H18N2O3S/c1-2-21(19,20)8-7-17-15(18)13-9-11-5-3-4-6-12(11)10-14(13)16/h3-6,9-10H,2,7-8,16H2,1H3,(H,17,18). The highest BCUT2D eigenvalue weighted by Gasteiger charge is 2.12. The average Bonchev–Trinajstić information content (AvgIpc) is 2.46. The van der Waals surface area contributed by atoms with Crippen LogP contribution in [0.25, 0.3) is 10.8 Å². The molecule has 21 heavy (non-hydrogen) atoms. The Morgan fingerprint density at radius 1 is 1.19 bits per heavy atom. The number of hydrogen-bond acceptors (Lipinski definition) is 4. The van der Waals surface area contributed by atoms with E-state index in [0.717, 1.165) is 10.8 Å². The van der Waals surface area contributed by atoms with Gasteiger partial charge in [-0.25, -0.2) is 8.42 Å². The van der Waals surface area contributed by atoms with Crippen molar-refractivity contribution in [1.29, 1.82) is 0 Å². The lowest BCUT2D eigenvalue weighted by atomic mass is 10.0. The van der Waals surface area contributed by atoms with Crippen LogP contribution in [0.3, 0.4) is 0 Å². The summed E-state index contributed by atoms with van der Waals surface area (Å²) in [5, 5.41) is 4.47. The molecule has 0 fully saturated rings. The topological polar surface area (TPSA) is 89.3 Å². The second-order valence-electron chi connectivity index (χ2n) is 4.78. The number of amides is 1. The number of carbonyl (C=O) groups excluding carboxylic acids is 1. The lowest BCUT2D eigenvalue weighted by Crippen LogP contribution is -2.30. The van der Waals surface area contributed by atoms with Gasteiger partial charge in [0.2, 0.25) is 0 Å². The van der Waals surface area contributed by atoms with Crippen LogP contribution in [0.15, 0.2) is 36.4 Å². The van der Waals surface area contributed by atoms with Crippen LogP contribution in [0.1, 0.15) is 17.3 Å². The maximum absolute atomic E-state index is 12.1. The Labute approximate surface area is 124 Å². The zero-order valence-corrected chi connectivity index (χ0v) is 12.6. The van der Waals surface area contributed by atoms with Gasteiger partial charge in [-0.15, -0.1) is 0 Å². The zero-order chi connectivity index (χ0) is 15.5. The van der Waals surface area contributed by atoms with Crippen LogP contribution < -0.4 is 11.1 Å². The van der Waals surface area contributed by atoms with Crippen molar-refractivity contribution in [3.63, 3.8) is 0 Å². The Kier molecular flexibility index (Phi) is 4.47. The van der Waals surface area contributed by atoms with Gasteiger partial charge in [-0.1, -0.05) is 31.2 Å². The number of rotatable bonds is 5. The predicted molar refractivity (Wildman–Crippen MR) is 85.0 cm³/mol. The lowest BCUT2D eigenvalue weighted by molar-refractivity contribution is 0.0957. The molecule has 2 rings (SSSR count). The van der Waals surface area contributed by atoms with Crippen molar-refractivity contribution in [2.75, 3.05) is 23.8 Å². The first kappa shape index (κ1) is 15.3. The number of nitrogen functional groups attached to an aromatic ring is 1. The van der Waals surface area contributed by atoms with Crippen LogP contribution in [-0.2, 0) is 9.84 Å². The van der Waals surface area contributed by atoms with Gasteiger partial charge < -0.3 is 11.1 Å². The number of nitrogens with one attached hydrogen (secondary N) is 1. The Morgan fingerprint density at radius 2 is 1.81 bits per heavy atom. The third-order valence-electron chi connectivity index (χ3n) is 3.30. The van der Waals surface area contributed by atoms with Gasteiger partial charge in [-0.2, -0.15) is 0 Å². The third kappa shape index (κ3) is 3.72. The fourth-order valence-corrected chi connectivity index (χ4v) is 2.72. The zero-order valence-electron chi connectivity index (χ0n) is 11.8. The number of fused-ring (bicyclic) bond motifs is 1. The number of carbonyl (C=O) groups is 1. The molecule has 0 spiro atoms. The maximum Gasteiger partial charge on any atom is 0.253 e. The number of anilines is 1. The van der Waals surface area contributed by atoms with Crippen molar-refractivity contribution in [2.45, 2.75) is 6.92 Å². The molecule has 5 nitrogen and oxygen atoms in total. The van der Waals surface area contributed by atoms with Gasteiger partial charge in [0.1, 0.15) is 0 Å². The van der Waals surface area contributed by atoms with Crippen molar-refractivity contribution in [2.24, 2.45) is 0 Å². The van der Waals surface area contributed by atoms with Gasteiger partial charge in [-0.05, 0) is 22.9 Å². The average molecular weight is 306 g/mol. The highest BCUT2D eigenvalue weighted by atomic mass is 32.2. The summed E-state index contributed by atoms with van der Waals surface area (Å²) >= 11 is 0. The number of hydrogen-bond donors (Lipinski definition) is 2. The first-order valence-corrected chi connectivity index (χ1v) is 8.52. The van der Waals surface area contributed by atoms with Crippen LogP contribution in [0.5, 0.6) is 0 Å². The van der Waals surface area contributed by atoms with Crippen LogP contribution >= 0.6 is 0 Å². The minimum absolute atomic E-state index is 0.0667. The number of benzene rings is 2. The Hall–Kier alpha value is -2.08. The van der Waals surface area contributed by atoms with E-state index in [1.807, 2.05) is 24.3 Å². The molecule has 0 bridgehead atoms. The highest BCUT2D eigenvalue weighted by molar-refractivity contribution is 7.91. The molecule has 3 N–H and O–H groups in total. The molecule has 0 aliphatic heterocycles. The van der Waals surface area contributed by atoms with E-state index in [0.29, 0.717) is 11.3 Å². The van der Waals surface area contributed by atoms with Gasteiger partial charge in [0.15, 0.2) is 9.84 Å². The van der Waals surface area contributed by atoms with Gasteiger partial charge in [0.25, 0.3) is 5.91 Å². The van der Waals surface area contributed by atoms with Crippen molar-refractivity contribution in [3.8, 4) is 0 Å². The van der Waals surface area contributed by atoms with E-state index in [1.165, 1.54) is 0 Å². The molecule has 0 atom stereocenters. The molecule has 0 unspecified atom stereocenters. The van der Waals surface area contributed by atoms with E-state index in [1.54, 1.807) is 19.1 Å². The van der Waals surface area contributed by atoms with Gasteiger partial charge in [0, 0.05) is 18.0 Å². The van der Waals surface area contributed by atoms with Crippen LogP contribution in [-0.4, -0.2) is 32.4 Å². The second-order valence-corrected chi connectivity index (χ2v) is 7.25. The van der Waals surface area contributed by atoms with Crippen molar-refractivity contribution < 1.29 is 13.2 Å². The van der Waals surface area contributed by atoms with E-state index in [9.17, 15) is 13.2 Å². The summed E-state index contributed by atoms with van der Waals surface area (Å²) in [7, 11) is -3.09. The molecule has 2 aromatic rings. The SMILES string of the molecule is CCS(=O)(=O)CCNC(=O)c1cc2ccccc2cc1N. The van der Waals surface area contributed by atoms with E-state index in [4.69, 9.17) is 5.73 Å². The maximum atomic E-state index is 12.1. The van der Waals surface area contributed by atoms with E-state index in [-0.39, 0.29) is 24.0 Å². The molecule has 6 heteroatoms. The fraction of sp³-hybridized carbons (Fsp3) is 0.267. The van der Waals surface area contributed by atoms with Crippen molar-refractivity contribution in [1.82, 2.24) is 5.32 Å². The van der Waals surface area contributed by atoms with Crippen LogP contribution in [0, 0.1) is 0 Å². The smallest absolute Gasteiger partial charge is 0.253 e. The molecule has 1 amide bonds. The molecule has 0 aromatic heterocycles. The molecule has 0 aliphatic carbocycles. The van der Waals surface area contributed by atoms with Crippen LogP contribution in [0.4, 0.5) is 5.69 Å². The first-order chi connectivity index (χ1) is 9.93. The minimum atomic E-state index is -3.09. The normalized spacial score (nSPS) is 11.5. The van der Waals surface area contributed by atoms with Crippen molar-refractivity contribution >= 4 is 32.2 Å². The molecule has 112 valence electrons. The summed E-state index contributed by atoms with van der Waals surface area (Å²) in [6, 6.07) is 11.1. The lowest BCUT2D eigenvalue weighted by Gasteiger charge is -2.09. The first-order valence-electron chi connectivity index (χ1n) is 6.70. The molecular weight excluding hydrogens is 288 g/mol.